The van der Waals surface area contributed by atoms with Gasteiger partial charge in [0.15, 0.2) is 0 Å². The zero-order valence-electron chi connectivity index (χ0n) is 19.6. The van der Waals surface area contributed by atoms with Crippen molar-refractivity contribution in [1.29, 1.82) is 0 Å². The minimum Gasteiger partial charge on any atom is -0.396 e. The quantitative estimate of drug-likeness (QED) is 0.264. The van der Waals surface area contributed by atoms with Crippen molar-refractivity contribution >= 4 is 44.0 Å². The molecular formula is C20H40NO6PS2. The van der Waals surface area contributed by atoms with Gasteiger partial charge in [-0.2, -0.15) is 23.5 Å². The van der Waals surface area contributed by atoms with Crippen LogP contribution in [0.25, 0.3) is 0 Å². The summed E-state index contributed by atoms with van der Waals surface area (Å²) in [5.74, 6) is 1.23. The molecule has 0 aliphatic rings. The minimum absolute atomic E-state index is 0.00969. The lowest BCUT2D eigenvalue weighted by Crippen LogP contribution is -2.38. The molecule has 0 heterocycles. The Kier molecular flexibility index (Phi) is 14.1. The molecular weight excluding hydrogens is 445 g/mol. The molecule has 7 nitrogen and oxygen atoms in total. The Bertz CT molecular complexity index is 487. The molecule has 10 heteroatoms. The molecule has 178 valence electrons. The number of nitrogens with zero attached hydrogens (tertiary/aromatic N) is 1. The smallest absolute Gasteiger partial charge is 0.389 e. The molecule has 0 saturated carbocycles. The Labute approximate surface area is 192 Å². The molecule has 0 aromatic rings. The van der Waals surface area contributed by atoms with E-state index in [0.717, 1.165) is 0 Å². The maximum atomic E-state index is 12.9. The summed E-state index contributed by atoms with van der Waals surface area (Å²) in [7, 11) is -1.93. The highest BCUT2D eigenvalue weighted by molar-refractivity contribution is 7.99. The maximum absolute atomic E-state index is 12.9. The molecule has 0 rings (SSSR count). The summed E-state index contributed by atoms with van der Waals surface area (Å²) in [4.78, 5) is 25.9. The summed E-state index contributed by atoms with van der Waals surface area (Å²) in [5.41, 5.74) is -1.56. The second-order valence-corrected chi connectivity index (χ2v) is 12.4. The number of carbonyl (C=O) groups is 2. The van der Waals surface area contributed by atoms with Gasteiger partial charge in [0, 0.05) is 35.1 Å². The number of thioether (sulfide) groups is 2. The van der Waals surface area contributed by atoms with Gasteiger partial charge in [-0.05, 0) is 55.4 Å². The summed E-state index contributed by atoms with van der Waals surface area (Å²) in [5, 5.41) is 18.0. The third-order valence-corrected chi connectivity index (χ3v) is 8.81. The monoisotopic (exact) mass is 485 g/mol. The van der Waals surface area contributed by atoms with E-state index in [-0.39, 0.29) is 25.3 Å². The first-order valence-corrected chi connectivity index (χ1v) is 13.6. The number of carbonyl (C=O) groups excluding carboxylic acids is 2. The molecule has 0 bridgehead atoms. The van der Waals surface area contributed by atoms with Crippen LogP contribution in [0.1, 0.15) is 55.4 Å². The Morgan fingerprint density at radius 2 is 1.17 bits per heavy atom. The molecule has 0 atom stereocenters. The number of aliphatic hydroxyl groups excluding tert-OH is 2. The van der Waals surface area contributed by atoms with Gasteiger partial charge in [-0.1, -0.05) is 0 Å². The second-order valence-electron chi connectivity index (χ2n) is 8.88. The molecule has 0 radical (unpaired) electrons. The lowest BCUT2D eigenvalue weighted by atomic mass is 9.97. The standard InChI is InChI=1S/C20H40NO6PS2/c1-15(2)21(16(3)4)28(26-17(24)19(5,6)13-29-11-9-22)27-18(25)20(7,8)14-30-12-10-23/h15-16,22-23H,9-14H2,1-8H3. The summed E-state index contributed by atoms with van der Waals surface area (Å²) < 4.78 is 13.5. The van der Waals surface area contributed by atoms with E-state index >= 15 is 0 Å². The highest BCUT2D eigenvalue weighted by Crippen LogP contribution is 2.49. The van der Waals surface area contributed by atoms with Crippen LogP contribution >= 0.6 is 32.0 Å². The SMILES string of the molecule is CC(C)N(C(C)C)P(OC(=O)C(C)(C)CSCCO)OC(=O)C(C)(C)CSCCO. The molecule has 30 heavy (non-hydrogen) atoms. The van der Waals surface area contributed by atoms with Crippen molar-refractivity contribution < 1.29 is 28.8 Å². The van der Waals surface area contributed by atoms with Crippen LogP contribution in [0.15, 0.2) is 0 Å². The van der Waals surface area contributed by atoms with Gasteiger partial charge < -0.3 is 19.3 Å². The molecule has 0 amide bonds. The van der Waals surface area contributed by atoms with Crippen LogP contribution in [0.5, 0.6) is 0 Å². The highest BCUT2D eigenvalue weighted by atomic mass is 32.2. The predicted octanol–water partition coefficient (Wildman–Crippen LogP) is 3.92. The number of hydrogen-bond donors (Lipinski definition) is 2. The van der Waals surface area contributed by atoms with Crippen LogP contribution in [0, 0.1) is 10.8 Å². The summed E-state index contributed by atoms with van der Waals surface area (Å²) in [6.07, 6.45) is 0. The van der Waals surface area contributed by atoms with Crippen molar-refractivity contribution in [2.24, 2.45) is 10.8 Å². The van der Waals surface area contributed by atoms with Crippen molar-refractivity contribution in [2.75, 3.05) is 36.2 Å². The first kappa shape index (κ1) is 29.9. The molecule has 0 unspecified atom stereocenters. The van der Waals surface area contributed by atoms with E-state index < -0.39 is 31.3 Å². The van der Waals surface area contributed by atoms with Gasteiger partial charge in [-0.3, -0.25) is 9.59 Å². The average Bonchev–Trinajstić information content (AvgIpc) is 2.61. The topological polar surface area (TPSA) is 96.3 Å². The number of hydrogen-bond acceptors (Lipinski definition) is 9. The van der Waals surface area contributed by atoms with Crippen LogP contribution in [0.3, 0.4) is 0 Å². The van der Waals surface area contributed by atoms with Gasteiger partial charge in [0.25, 0.3) is 0 Å². The van der Waals surface area contributed by atoms with Gasteiger partial charge >= 0.3 is 20.5 Å². The zero-order valence-corrected chi connectivity index (χ0v) is 22.2. The van der Waals surface area contributed by atoms with Crippen molar-refractivity contribution in [3.8, 4) is 0 Å². The largest absolute Gasteiger partial charge is 0.396 e. The molecule has 2 N–H and O–H groups in total. The maximum Gasteiger partial charge on any atom is 0.389 e. The van der Waals surface area contributed by atoms with Crippen LogP contribution in [-0.4, -0.2) is 75.1 Å². The molecule has 0 spiro atoms. The molecule has 0 aliphatic carbocycles. The van der Waals surface area contributed by atoms with Crippen molar-refractivity contribution in [2.45, 2.75) is 67.5 Å². The van der Waals surface area contributed by atoms with E-state index in [0.29, 0.717) is 23.0 Å². The average molecular weight is 486 g/mol. The third kappa shape index (κ3) is 10.5. The zero-order chi connectivity index (χ0) is 23.5. The van der Waals surface area contributed by atoms with Crippen LogP contribution in [0.2, 0.25) is 0 Å². The van der Waals surface area contributed by atoms with Gasteiger partial charge in [-0.25, -0.2) is 4.67 Å². The van der Waals surface area contributed by atoms with Crippen molar-refractivity contribution in [1.82, 2.24) is 4.67 Å². The summed E-state index contributed by atoms with van der Waals surface area (Å²) >= 11 is 2.96. The Morgan fingerprint density at radius 1 is 0.833 bits per heavy atom. The van der Waals surface area contributed by atoms with E-state index in [1.165, 1.54) is 23.5 Å². The Hall–Kier alpha value is -0.0500. The first-order chi connectivity index (χ1) is 13.8. The van der Waals surface area contributed by atoms with E-state index in [1.807, 2.05) is 32.4 Å². The highest BCUT2D eigenvalue weighted by Gasteiger charge is 2.41. The lowest BCUT2D eigenvalue weighted by Gasteiger charge is -2.36. The fraction of sp³-hybridized carbons (Fsp3) is 0.900. The van der Waals surface area contributed by atoms with Crippen LogP contribution in [-0.2, 0) is 18.6 Å². The lowest BCUT2D eigenvalue weighted by molar-refractivity contribution is -0.147. The molecule has 0 fully saturated rings. The van der Waals surface area contributed by atoms with E-state index in [4.69, 9.17) is 19.3 Å². The number of aliphatic hydroxyl groups is 2. The second kappa shape index (κ2) is 14.2. The fourth-order valence-corrected chi connectivity index (χ4v) is 5.94. The van der Waals surface area contributed by atoms with Gasteiger partial charge in [0.05, 0.1) is 24.0 Å². The first-order valence-electron chi connectivity index (χ1n) is 10.2. The molecule has 0 aromatic carbocycles. The minimum atomic E-state index is -1.93. The molecule has 0 saturated heterocycles. The van der Waals surface area contributed by atoms with Crippen LogP contribution < -0.4 is 0 Å². The van der Waals surface area contributed by atoms with Crippen LogP contribution in [0.4, 0.5) is 0 Å². The number of rotatable bonds is 15. The summed E-state index contributed by atoms with van der Waals surface area (Å²) in [6, 6.07) is 0.0194. The molecule has 0 aromatic heterocycles. The van der Waals surface area contributed by atoms with E-state index in [1.54, 1.807) is 27.7 Å². The van der Waals surface area contributed by atoms with Gasteiger partial charge in [0.1, 0.15) is 0 Å². The van der Waals surface area contributed by atoms with Crippen molar-refractivity contribution in [3.63, 3.8) is 0 Å². The van der Waals surface area contributed by atoms with Gasteiger partial charge in [0.2, 0.25) is 0 Å². The van der Waals surface area contributed by atoms with Crippen molar-refractivity contribution in [3.05, 3.63) is 0 Å². The third-order valence-electron chi connectivity index (χ3n) is 4.07. The van der Waals surface area contributed by atoms with Gasteiger partial charge in [-0.15, -0.1) is 0 Å². The predicted molar refractivity (Wildman–Crippen MR) is 128 cm³/mol. The Morgan fingerprint density at radius 3 is 1.43 bits per heavy atom. The summed E-state index contributed by atoms with van der Waals surface area (Å²) in [6.45, 7) is 15.2. The molecule has 0 aliphatic heterocycles. The Balaban J connectivity index is 5.48. The van der Waals surface area contributed by atoms with E-state index in [2.05, 4.69) is 0 Å². The normalized spacial score (nSPS) is 12.9. The fourth-order valence-electron chi connectivity index (χ4n) is 2.38. The van der Waals surface area contributed by atoms with E-state index in [9.17, 15) is 9.59 Å².